The van der Waals surface area contributed by atoms with Crippen molar-refractivity contribution in [2.24, 2.45) is 0 Å². The Bertz CT molecular complexity index is 1050. The smallest absolute Gasteiger partial charge is 0.265 e. The quantitative estimate of drug-likeness (QED) is 0.697. The van der Waals surface area contributed by atoms with Crippen molar-refractivity contribution in [1.29, 1.82) is 0 Å². The van der Waals surface area contributed by atoms with Gasteiger partial charge in [0, 0.05) is 13.1 Å². The number of benzene rings is 2. The number of piperidine rings is 1. The number of carbonyl (C=O) groups excluding carboxylic acids is 1. The second-order valence-electron chi connectivity index (χ2n) is 7.77. The lowest BCUT2D eigenvalue weighted by molar-refractivity contribution is -0.122. The first-order valence-electron chi connectivity index (χ1n) is 10.5. The van der Waals surface area contributed by atoms with Gasteiger partial charge in [-0.2, -0.15) is 4.31 Å². The van der Waals surface area contributed by atoms with Crippen molar-refractivity contribution in [3.8, 4) is 11.5 Å². The molecule has 1 atom stereocenters. The van der Waals surface area contributed by atoms with Gasteiger partial charge in [-0.3, -0.25) is 4.79 Å². The highest BCUT2D eigenvalue weighted by molar-refractivity contribution is 7.89. The molecule has 1 aliphatic rings. The zero-order valence-corrected chi connectivity index (χ0v) is 19.3. The van der Waals surface area contributed by atoms with Gasteiger partial charge in [-0.15, -0.1) is 0 Å². The van der Waals surface area contributed by atoms with Crippen molar-refractivity contribution in [3.63, 3.8) is 0 Å². The van der Waals surface area contributed by atoms with E-state index in [1.54, 1.807) is 13.0 Å². The first-order valence-corrected chi connectivity index (χ1v) is 11.9. The maximum atomic E-state index is 13.0. The Morgan fingerprint density at radius 2 is 1.77 bits per heavy atom. The number of ether oxygens (including phenoxy) is 2. The van der Waals surface area contributed by atoms with Gasteiger partial charge in [0.2, 0.25) is 10.0 Å². The summed E-state index contributed by atoms with van der Waals surface area (Å²) in [7, 11) is -2.16. The van der Waals surface area contributed by atoms with Crippen LogP contribution in [0.2, 0.25) is 0 Å². The maximum Gasteiger partial charge on any atom is 0.265 e. The van der Waals surface area contributed by atoms with Gasteiger partial charge in [0.1, 0.15) is 11.5 Å². The van der Waals surface area contributed by atoms with Crippen LogP contribution in [0, 0.1) is 13.8 Å². The Labute approximate surface area is 184 Å². The SMILES string of the molecule is COc1ccc(S(=O)(=O)N2CCCCC2)cc1NC(=O)C(C)Oc1cccc(C)c1C. The zero-order chi connectivity index (χ0) is 22.6. The van der Waals surface area contributed by atoms with Crippen LogP contribution < -0.4 is 14.8 Å². The Balaban J connectivity index is 1.80. The van der Waals surface area contributed by atoms with E-state index in [-0.39, 0.29) is 4.90 Å². The van der Waals surface area contributed by atoms with Crippen molar-refractivity contribution >= 4 is 21.6 Å². The fraction of sp³-hybridized carbons (Fsp3) is 0.435. The first kappa shape index (κ1) is 23.1. The van der Waals surface area contributed by atoms with Gasteiger partial charge in [0.15, 0.2) is 6.10 Å². The highest BCUT2D eigenvalue weighted by Gasteiger charge is 2.27. The second-order valence-corrected chi connectivity index (χ2v) is 9.71. The van der Waals surface area contributed by atoms with Crippen LogP contribution in [0.3, 0.4) is 0 Å². The van der Waals surface area contributed by atoms with E-state index in [1.807, 2.05) is 32.0 Å². The lowest BCUT2D eigenvalue weighted by Gasteiger charge is -2.26. The van der Waals surface area contributed by atoms with Crippen LogP contribution in [0.5, 0.6) is 11.5 Å². The van der Waals surface area contributed by atoms with Gasteiger partial charge in [0.05, 0.1) is 17.7 Å². The van der Waals surface area contributed by atoms with Crippen LogP contribution in [0.4, 0.5) is 5.69 Å². The topological polar surface area (TPSA) is 84.9 Å². The van der Waals surface area contributed by atoms with Crippen LogP contribution in [-0.2, 0) is 14.8 Å². The van der Waals surface area contributed by atoms with E-state index in [0.29, 0.717) is 30.3 Å². The van der Waals surface area contributed by atoms with Gasteiger partial charge in [-0.1, -0.05) is 18.6 Å². The molecule has 0 aliphatic carbocycles. The number of hydrogen-bond donors (Lipinski definition) is 1. The van der Waals surface area contributed by atoms with E-state index in [1.165, 1.54) is 23.5 Å². The molecule has 1 amide bonds. The molecule has 3 rings (SSSR count). The van der Waals surface area contributed by atoms with Crippen LogP contribution in [-0.4, -0.2) is 44.9 Å². The molecule has 1 fully saturated rings. The molecule has 0 saturated carbocycles. The van der Waals surface area contributed by atoms with Crippen LogP contribution in [0.15, 0.2) is 41.3 Å². The van der Waals surface area contributed by atoms with E-state index in [9.17, 15) is 13.2 Å². The van der Waals surface area contributed by atoms with Crippen molar-refractivity contribution in [2.75, 3.05) is 25.5 Å². The number of aryl methyl sites for hydroxylation is 1. The average molecular weight is 447 g/mol. The van der Waals surface area contributed by atoms with E-state index >= 15 is 0 Å². The van der Waals surface area contributed by atoms with E-state index in [0.717, 1.165) is 30.4 Å². The molecule has 8 heteroatoms. The molecule has 7 nitrogen and oxygen atoms in total. The highest BCUT2D eigenvalue weighted by Crippen LogP contribution is 2.30. The first-order chi connectivity index (χ1) is 14.7. The number of nitrogens with one attached hydrogen (secondary N) is 1. The minimum Gasteiger partial charge on any atom is -0.495 e. The van der Waals surface area contributed by atoms with E-state index in [2.05, 4.69) is 5.32 Å². The molecule has 1 aliphatic heterocycles. The third-order valence-corrected chi connectivity index (χ3v) is 7.50. The molecule has 0 aromatic heterocycles. The zero-order valence-electron chi connectivity index (χ0n) is 18.5. The number of methoxy groups -OCH3 is 1. The van der Waals surface area contributed by atoms with Crippen molar-refractivity contribution in [3.05, 3.63) is 47.5 Å². The molecule has 31 heavy (non-hydrogen) atoms. The highest BCUT2D eigenvalue weighted by atomic mass is 32.2. The molecular weight excluding hydrogens is 416 g/mol. The van der Waals surface area contributed by atoms with Crippen LogP contribution in [0.25, 0.3) is 0 Å². The van der Waals surface area contributed by atoms with Gasteiger partial charge in [0.25, 0.3) is 5.91 Å². The Morgan fingerprint density at radius 1 is 1.06 bits per heavy atom. The third-order valence-electron chi connectivity index (χ3n) is 5.61. The number of anilines is 1. The molecule has 1 heterocycles. The molecular formula is C23H30N2O5S. The number of carbonyl (C=O) groups is 1. The molecule has 1 saturated heterocycles. The summed E-state index contributed by atoms with van der Waals surface area (Å²) in [5.74, 6) is 0.618. The summed E-state index contributed by atoms with van der Waals surface area (Å²) in [6.45, 7) is 6.59. The number of rotatable bonds is 7. The van der Waals surface area contributed by atoms with Crippen molar-refractivity contribution in [1.82, 2.24) is 4.31 Å². The maximum absolute atomic E-state index is 13.0. The third kappa shape index (κ3) is 5.19. The largest absolute Gasteiger partial charge is 0.495 e. The molecule has 1 unspecified atom stereocenters. The van der Waals surface area contributed by atoms with Crippen molar-refractivity contribution in [2.45, 2.75) is 51.0 Å². The predicted octanol–water partition coefficient (Wildman–Crippen LogP) is 3.89. The van der Waals surface area contributed by atoms with E-state index < -0.39 is 22.0 Å². The Kier molecular flexibility index (Phi) is 7.23. The summed E-state index contributed by atoms with van der Waals surface area (Å²) in [5, 5.41) is 2.76. The number of nitrogens with zero attached hydrogens (tertiary/aromatic N) is 1. The second kappa shape index (κ2) is 9.70. The summed E-state index contributed by atoms with van der Waals surface area (Å²) >= 11 is 0. The van der Waals surface area contributed by atoms with E-state index in [4.69, 9.17) is 9.47 Å². The monoisotopic (exact) mass is 446 g/mol. The average Bonchev–Trinajstić information content (AvgIpc) is 2.77. The summed E-state index contributed by atoms with van der Waals surface area (Å²) in [4.78, 5) is 12.9. The summed E-state index contributed by atoms with van der Waals surface area (Å²) < 4.78 is 38.7. The number of amides is 1. The van der Waals surface area contributed by atoms with Gasteiger partial charge in [-0.05, 0) is 69.0 Å². The lowest BCUT2D eigenvalue weighted by Crippen LogP contribution is -2.35. The van der Waals surface area contributed by atoms with Gasteiger partial charge >= 0.3 is 0 Å². The minimum atomic E-state index is -3.63. The van der Waals surface area contributed by atoms with Crippen LogP contribution >= 0.6 is 0 Å². The lowest BCUT2D eigenvalue weighted by atomic mass is 10.1. The minimum absolute atomic E-state index is 0.133. The standard InChI is InChI=1S/C23H30N2O5S/c1-16-9-8-10-21(17(16)2)30-18(3)23(26)24-20-15-19(11-12-22(20)29-4)31(27,28)25-13-6-5-7-14-25/h8-12,15,18H,5-7,13-14H2,1-4H3,(H,24,26). The summed E-state index contributed by atoms with van der Waals surface area (Å²) in [6.07, 6.45) is 1.96. The molecule has 2 aromatic rings. The fourth-order valence-corrected chi connectivity index (χ4v) is 5.07. The predicted molar refractivity (Wildman–Crippen MR) is 120 cm³/mol. The molecule has 2 aromatic carbocycles. The summed E-state index contributed by atoms with van der Waals surface area (Å²) in [6, 6.07) is 10.2. The normalized spacial score (nSPS) is 15.9. The number of hydrogen-bond acceptors (Lipinski definition) is 5. The fourth-order valence-electron chi connectivity index (χ4n) is 3.53. The molecule has 0 spiro atoms. The molecule has 1 N–H and O–H groups in total. The Morgan fingerprint density at radius 3 is 2.45 bits per heavy atom. The van der Waals surface area contributed by atoms with Crippen LogP contribution in [0.1, 0.15) is 37.3 Å². The number of sulfonamides is 1. The van der Waals surface area contributed by atoms with Crippen molar-refractivity contribution < 1.29 is 22.7 Å². The Hall–Kier alpha value is -2.58. The summed E-state index contributed by atoms with van der Waals surface area (Å²) in [5.41, 5.74) is 2.33. The molecule has 0 radical (unpaired) electrons. The van der Waals surface area contributed by atoms with Gasteiger partial charge in [-0.25, -0.2) is 8.42 Å². The molecule has 0 bridgehead atoms. The van der Waals surface area contributed by atoms with Gasteiger partial charge < -0.3 is 14.8 Å². The molecule has 168 valence electrons.